The Hall–Kier alpha value is -3.59. The molecule has 2 N–H and O–H groups in total. The van der Waals surface area contributed by atoms with Gasteiger partial charge in [-0.25, -0.2) is 32.3 Å². The van der Waals surface area contributed by atoms with E-state index >= 15 is 0 Å². The molecule has 1 aromatic carbocycles. The van der Waals surface area contributed by atoms with E-state index in [1.54, 1.807) is 34.8 Å². The van der Waals surface area contributed by atoms with Gasteiger partial charge in [-0.15, -0.1) is 0 Å². The van der Waals surface area contributed by atoms with Gasteiger partial charge in [0, 0.05) is 19.0 Å². The molecule has 34 heavy (non-hydrogen) atoms. The monoisotopic (exact) mass is 520 g/mol. The number of aromatic nitrogens is 2. The van der Waals surface area contributed by atoms with Crippen molar-refractivity contribution in [2.75, 3.05) is 11.9 Å². The minimum absolute atomic E-state index is 0.218. The van der Waals surface area contributed by atoms with Gasteiger partial charge in [0.15, 0.2) is 0 Å². The summed E-state index contributed by atoms with van der Waals surface area (Å²) in [7, 11) is -2.34. The quantitative estimate of drug-likeness (QED) is 0.475. The second-order valence-corrected chi connectivity index (χ2v) is 8.91. The molecule has 0 unspecified atom stereocenters. The van der Waals surface area contributed by atoms with Crippen molar-refractivity contribution in [3.05, 3.63) is 70.4 Å². The Balaban J connectivity index is 0.000000509. The number of nitrogens with zero attached hydrogens (tertiary/aromatic N) is 3. The van der Waals surface area contributed by atoms with Crippen molar-refractivity contribution < 1.29 is 40.7 Å². The fourth-order valence-electron chi connectivity index (χ4n) is 2.21. The lowest BCUT2D eigenvalue weighted by molar-refractivity contribution is -0.192. The zero-order valence-corrected chi connectivity index (χ0v) is 18.8. The number of nitrogens with one attached hydrogen (secondary N) is 1. The van der Waals surface area contributed by atoms with Crippen LogP contribution in [0.1, 0.15) is 15.9 Å². The number of thiophene rings is 1. The van der Waals surface area contributed by atoms with Crippen LogP contribution in [0.2, 0.25) is 0 Å². The van der Waals surface area contributed by atoms with Crippen molar-refractivity contribution in [1.82, 2.24) is 14.7 Å². The summed E-state index contributed by atoms with van der Waals surface area (Å²) in [5, 5.41) is 10.4. The third-order valence-corrected chi connectivity index (χ3v) is 5.82. The summed E-state index contributed by atoms with van der Waals surface area (Å²) < 4.78 is 71.2. The summed E-state index contributed by atoms with van der Waals surface area (Å²) in [6.07, 6.45) is -2.82. The molecular weight excluding hydrogens is 504 g/mol. The summed E-state index contributed by atoms with van der Waals surface area (Å²) in [6.45, 7) is 0.418. The molecule has 3 aromatic rings. The number of anilines is 1. The van der Waals surface area contributed by atoms with E-state index < -0.39 is 28.1 Å². The van der Waals surface area contributed by atoms with Crippen LogP contribution in [0, 0.1) is 5.82 Å². The van der Waals surface area contributed by atoms with Crippen LogP contribution in [0.3, 0.4) is 0 Å². The van der Waals surface area contributed by atoms with E-state index in [9.17, 15) is 30.8 Å². The van der Waals surface area contributed by atoms with Crippen LogP contribution < -0.4 is 9.62 Å². The van der Waals surface area contributed by atoms with Crippen LogP contribution in [0.25, 0.3) is 0 Å². The summed E-state index contributed by atoms with van der Waals surface area (Å²) in [6, 6.07) is 7.53. The van der Waals surface area contributed by atoms with E-state index in [1.165, 1.54) is 29.5 Å². The van der Waals surface area contributed by atoms with Crippen LogP contribution in [0.4, 0.5) is 23.5 Å². The molecule has 0 fully saturated rings. The van der Waals surface area contributed by atoms with E-state index in [1.807, 2.05) is 4.72 Å². The van der Waals surface area contributed by atoms with E-state index in [0.29, 0.717) is 12.5 Å². The van der Waals surface area contributed by atoms with Gasteiger partial charge in [-0.05, 0) is 29.1 Å². The van der Waals surface area contributed by atoms with Gasteiger partial charge in [0.05, 0.1) is 18.0 Å². The van der Waals surface area contributed by atoms with Gasteiger partial charge < -0.3 is 10.0 Å². The third kappa shape index (κ3) is 7.77. The van der Waals surface area contributed by atoms with E-state index in [2.05, 4.69) is 9.97 Å². The lowest BCUT2D eigenvalue weighted by Crippen LogP contribution is -2.30. The molecule has 15 heteroatoms. The second-order valence-electron chi connectivity index (χ2n) is 6.45. The Kier molecular flexibility index (Phi) is 8.64. The molecule has 9 nitrogen and oxygen atoms in total. The predicted molar refractivity (Wildman–Crippen MR) is 113 cm³/mol. The fraction of sp³-hybridized carbons (Fsp3) is 0.158. The van der Waals surface area contributed by atoms with E-state index in [0.717, 1.165) is 18.0 Å². The number of aliphatic carboxylic acids is 1. The number of carbonyl (C=O) groups excluding carboxylic acids is 1. The molecule has 0 atom stereocenters. The van der Waals surface area contributed by atoms with E-state index in [4.69, 9.17) is 9.90 Å². The highest BCUT2D eigenvalue weighted by Crippen LogP contribution is 2.15. The summed E-state index contributed by atoms with van der Waals surface area (Å²) >= 11 is 1.29. The van der Waals surface area contributed by atoms with Crippen LogP contribution in [0.15, 0.2) is 58.4 Å². The number of alkyl halides is 3. The number of amides is 1. The van der Waals surface area contributed by atoms with Crippen molar-refractivity contribution in [3.8, 4) is 0 Å². The number of hydrogen-bond donors (Lipinski definition) is 2. The van der Waals surface area contributed by atoms with Gasteiger partial charge >= 0.3 is 12.1 Å². The Morgan fingerprint density at radius 2 is 1.68 bits per heavy atom. The molecule has 3 rings (SSSR count). The molecule has 0 saturated carbocycles. The molecule has 0 spiro atoms. The van der Waals surface area contributed by atoms with Gasteiger partial charge in [0.2, 0.25) is 5.95 Å². The first-order chi connectivity index (χ1) is 15.8. The second kappa shape index (κ2) is 11.0. The average molecular weight is 520 g/mol. The molecule has 0 aliphatic heterocycles. The lowest BCUT2D eigenvalue weighted by Gasteiger charge is -2.17. The van der Waals surface area contributed by atoms with E-state index in [-0.39, 0.29) is 16.3 Å². The Morgan fingerprint density at radius 3 is 2.15 bits per heavy atom. The van der Waals surface area contributed by atoms with Crippen LogP contribution >= 0.6 is 11.3 Å². The normalized spacial score (nSPS) is 11.2. The molecule has 0 aliphatic rings. The molecule has 2 aromatic heterocycles. The fourth-order valence-corrected chi connectivity index (χ4v) is 3.71. The number of carboxylic acid groups (broad SMARTS) is 1. The van der Waals surface area contributed by atoms with Crippen molar-refractivity contribution >= 4 is 39.2 Å². The largest absolute Gasteiger partial charge is 0.490 e. The Bertz CT molecular complexity index is 1220. The minimum Gasteiger partial charge on any atom is -0.475 e. The lowest BCUT2D eigenvalue weighted by atomic mass is 10.2. The predicted octanol–water partition coefficient (Wildman–Crippen LogP) is 3.07. The number of hydrogen-bond acceptors (Lipinski definition) is 8. The standard InChI is InChI=1S/C17H15FN4O3S2.C2HF3O2/c1-22(10-12-2-4-14(18)5-3-12)17-19-8-15(9-20-17)27(24,25)21-16(23)13-6-7-26-11-13;3-2(4,5)1(6)7/h2-9,11H,10H2,1H3,(H,21,23);(H,6,7). The zero-order valence-electron chi connectivity index (χ0n) is 17.2. The van der Waals surface area contributed by atoms with Crippen molar-refractivity contribution in [2.24, 2.45) is 0 Å². The zero-order chi connectivity index (χ0) is 25.5. The Labute approximate surface area is 194 Å². The number of carbonyl (C=O) groups is 2. The SMILES string of the molecule is CN(Cc1ccc(F)cc1)c1ncc(S(=O)(=O)NC(=O)c2ccsc2)cn1.O=C(O)C(F)(F)F. The Morgan fingerprint density at radius 1 is 1.12 bits per heavy atom. The molecule has 0 radical (unpaired) electrons. The minimum atomic E-state index is -5.08. The van der Waals surface area contributed by atoms with Crippen molar-refractivity contribution in [1.29, 1.82) is 0 Å². The maximum atomic E-state index is 13.0. The number of carboxylic acids is 1. The molecule has 0 bridgehead atoms. The molecule has 182 valence electrons. The first kappa shape index (κ1) is 26.7. The van der Waals surface area contributed by atoms with Gasteiger partial charge in [0.1, 0.15) is 10.7 Å². The van der Waals surface area contributed by atoms with Crippen LogP contribution in [-0.4, -0.2) is 48.6 Å². The van der Waals surface area contributed by atoms with Gasteiger partial charge in [-0.2, -0.15) is 24.5 Å². The first-order valence-electron chi connectivity index (χ1n) is 8.96. The molecule has 0 aliphatic carbocycles. The summed E-state index contributed by atoms with van der Waals surface area (Å²) in [5.41, 5.74) is 1.11. The molecule has 2 heterocycles. The highest BCUT2D eigenvalue weighted by atomic mass is 32.2. The van der Waals surface area contributed by atoms with Crippen molar-refractivity contribution in [3.63, 3.8) is 0 Å². The highest BCUT2D eigenvalue weighted by Gasteiger charge is 2.38. The number of halogens is 4. The summed E-state index contributed by atoms with van der Waals surface area (Å²) in [5.74, 6) is -3.50. The maximum Gasteiger partial charge on any atom is 0.490 e. The maximum absolute atomic E-state index is 13.0. The number of rotatable bonds is 6. The molecule has 0 saturated heterocycles. The van der Waals surface area contributed by atoms with Crippen LogP contribution in [0.5, 0.6) is 0 Å². The third-order valence-electron chi connectivity index (χ3n) is 3.85. The van der Waals surface area contributed by atoms with Crippen molar-refractivity contribution in [2.45, 2.75) is 17.6 Å². The molecule has 1 amide bonds. The number of sulfonamides is 1. The smallest absolute Gasteiger partial charge is 0.475 e. The van der Waals surface area contributed by atoms with Gasteiger partial charge in [0.25, 0.3) is 15.9 Å². The molecular formula is C19H16F4N4O5S2. The highest BCUT2D eigenvalue weighted by molar-refractivity contribution is 7.90. The number of benzene rings is 1. The van der Waals surface area contributed by atoms with Gasteiger partial charge in [-0.1, -0.05) is 12.1 Å². The average Bonchev–Trinajstić information content (AvgIpc) is 3.30. The van der Waals surface area contributed by atoms with Crippen LogP contribution in [-0.2, 0) is 21.4 Å². The van der Waals surface area contributed by atoms with Gasteiger partial charge in [-0.3, -0.25) is 4.79 Å². The first-order valence-corrected chi connectivity index (χ1v) is 11.4. The topological polar surface area (TPSA) is 130 Å². The summed E-state index contributed by atoms with van der Waals surface area (Å²) in [4.78, 5) is 30.4.